The van der Waals surface area contributed by atoms with Crippen LogP contribution in [0.25, 0.3) is 0 Å². The molecule has 1 heterocycles. The first-order chi connectivity index (χ1) is 8.75. The van der Waals surface area contributed by atoms with Crippen LogP contribution in [0.5, 0.6) is 0 Å². The number of hydrogen-bond donors (Lipinski definition) is 2. The number of nitrogens with one attached hydrogen (secondary N) is 1. The Morgan fingerprint density at radius 3 is 2.47 bits per heavy atom. The molecule has 3 N–H and O–H groups in total. The second-order valence-corrected chi connectivity index (χ2v) is 7.15. The van der Waals surface area contributed by atoms with E-state index in [1.165, 1.54) is 4.31 Å². The average Bonchev–Trinajstić information content (AvgIpc) is 2.73. The molecule has 0 bridgehead atoms. The summed E-state index contributed by atoms with van der Waals surface area (Å²) < 4.78 is 25.9. The molecule has 0 aliphatic carbocycles. The molecule has 0 saturated heterocycles. The molecule has 0 atom stereocenters. The molecule has 0 spiro atoms. The van der Waals surface area contributed by atoms with Gasteiger partial charge in [0, 0.05) is 18.7 Å². The van der Waals surface area contributed by atoms with Gasteiger partial charge in [-0.2, -0.15) is 4.31 Å². The minimum Gasteiger partial charge on any atom is -0.310 e. The van der Waals surface area contributed by atoms with E-state index in [9.17, 15) is 18.5 Å². The quantitative estimate of drug-likeness (QED) is 0.465. The van der Waals surface area contributed by atoms with Gasteiger partial charge >= 0.3 is 5.69 Å². The van der Waals surface area contributed by atoms with Crippen LogP contribution in [-0.2, 0) is 10.0 Å². The third kappa shape index (κ3) is 3.03. The lowest BCUT2D eigenvalue weighted by Crippen LogP contribution is -2.36. The van der Waals surface area contributed by atoms with Gasteiger partial charge in [0.1, 0.15) is 4.21 Å². The normalized spacial score (nSPS) is 12.1. The van der Waals surface area contributed by atoms with Crippen LogP contribution in [0, 0.1) is 10.1 Å². The van der Waals surface area contributed by atoms with Crippen LogP contribution in [0.2, 0.25) is 0 Å². The minimum absolute atomic E-state index is 0.0170. The fourth-order valence-corrected chi connectivity index (χ4v) is 4.67. The van der Waals surface area contributed by atoms with Gasteiger partial charge in [-0.3, -0.25) is 10.1 Å². The SMILES string of the molecule is CCN(C(C)C)S(=O)(=O)c1cc([N+](=O)[O-])c(NN)s1. The lowest BCUT2D eigenvalue weighted by atomic mass is 10.4. The number of nitrogens with zero attached hydrogens (tertiary/aromatic N) is 2. The maximum atomic E-state index is 12.4. The molecule has 1 aromatic heterocycles. The molecular weight excluding hydrogens is 292 g/mol. The maximum absolute atomic E-state index is 12.4. The van der Waals surface area contributed by atoms with E-state index in [0.29, 0.717) is 0 Å². The Bertz CT molecular complexity index is 567. The first-order valence-electron chi connectivity index (χ1n) is 5.52. The summed E-state index contributed by atoms with van der Waals surface area (Å²) in [6.07, 6.45) is 0. The summed E-state index contributed by atoms with van der Waals surface area (Å²) in [5.41, 5.74) is 1.81. The van der Waals surface area contributed by atoms with E-state index in [-0.39, 0.29) is 27.5 Å². The fraction of sp³-hybridized carbons (Fsp3) is 0.556. The highest BCUT2D eigenvalue weighted by molar-refractivity contribution is 7.91. The highest BCUT2D eigenvalue weighted by atomic mass is 32.2. The molecule has 19 heavy (non-hydrogen) atoms. The number of thiophene rings is 1. The van der Waals surface area contributed by atoms with Crippen molar-refractivity contribution in [2.45, 2.75) is 31.0 Å². The molecule has 0 amide bonds. The maximum Gasteiger partial charge on any atom is 0.306 e. The molecule has 0 saturated carbocycles. The number of hydrazine groups is 1. The van der Waals surface area contributed by atoms with Gasteiger partial charge in [-0.15, -0.1) is 0 Å². The van der Waals surface area contributed by atoms with Gasteiger partial charge in [0.2, 0.25) is 0 Å². The third-order valence-electron chi connectivity index (χ3n) is 2.47. The number of nitro groups is 1. The van der Waals surface area contributed by atoms with E-state index in [4.69, 9.17) is 5.84 Å². The Labute approximate surface area is 115 Å². The third-order valence-corrected chi connectivity index (χ3v) is 6.12. The van der Waals surface area contributed by atoms with Crippen molar-refractivity contribution < 1.29 is 13.3 Å². The number of hydrogen-bond acceptors (Lipinski definition) is 7. The van der Waals surface area contributed by atoms with Crippen LogP contribution < -0.4 is 11.3 Å². The molecule has 0 unspecified atom stereocenters. The van der Waals surface area contributed by atoms with E-state index in [2.05, 4.69) is 5.43 Å². The van der Waals surface area contributed by atoms with Gasteiger partial charge in [-0.25, -0.2) is 14.3 Å². The highest BCUT2D eigenvalue weighted by Crippen LogP contribution is 2.37. The van der Waals surface area contributed by atoms with Crippen LogP contribution in [0.3, 0.4) is 0 Å². The Hall–Kier alpha value is -1.23. The molecule has 0 fully saturated rings. The van der Waals surface area contributed by atoms with Crippen molar-refractivity contribution in [1.82, 2.24) is 4.31 Å². The molecule has 108 valence electrons. The summed E-state index contributed by atoms with van der Waals surface area (Å²) in [6, 6.07) is 0.797. The summed E-state index contributed by atoms with van der Waals surface area (Å²) in [4.78, 5) is 10.1. The van der Waals surface area contributed by atoms with Crippen molar-refractivity contribution in [3.8, 4) is 0 Å². The standard InChI is InChI=1S/C9H16N4O4S2/c1-4-12(6(2)3)19(16,17)8-5-7(13(14)15)9(11-10)18-8/h5-6,11H,4,10H2,1-3H3. The van der Waals surface area contributed by atoms with Crippen LogP contribution in [0.1, 0.15) is 20.8 Å². The summed E-state index contributed by atoms with van der Waals surface area (Å²) in [5.74, 6) is 5.16. The highest BCUT2D eigenvalue weighted by Gasteiger charge is 2.31. The van der Waals surface area contributed by atoms with Crippen molar-refractivity contribution in [1.29, 1.82) is 0 Å². The molecule has 8 nitrogen and oxygen atoms in total. The van der Waals surface area contributed by atoms with E-state index in [1.807, 2.05) is 0 Å². The van der Waals surface area contributed by atoms with Gasteiger partial charge in [0.05, 0.1) is 4.92 Å². The number of rotatable bonds is 6. The van der Waals surface area contributed by atoms with Gasteiger partial charge in [0.25, 0.3) is 10.0 Å². The van der Waals surface area contributed by atoms with Crippen LogP contribution >= 0.6 is 11.3 Å². The second kappa shape index (κ2) is 5.82. The van der Waals surface area contributed by atoms with E-state index in [0.717, 1.165) is 17.4 Å². The van der Waals surface area contributed by atoms with Crippen LogP contribution in [-0.4, -0.2) is 30.2 Å². The molecule has 1 rings (SSSR count). The summed E-state index contributed by atoms with van der Waals surface area (Å²) in [5, 5.41) is 10.8. The lowest BCUT2D eigenvalue weighted by Gasteiger charge is -2.23. The van der Waals surface area contributed by atoms with E-state index in [1.54, 1.807) is 20.8 Å². The number of nitrogens with two attached hydrogens (primary N) is 1. The molecule has 10 heteroatoms. The van der Waals surface area contributed by atoms with Gasteiger partial charge in [0.15, 0.2) is 5.00 Å². The number of sulfonamides is 1. The van der Waals surface area contributed by atoms with Crippen molar-refractivity contribution in [2.75, 3.05) is 12.0 Å². The lowest BCUT2D eigenvalue weighted by molar-refractivity contribution is -0.383. The average molecular weight is 308 g/mol. The summed E-state index contributed by atoms with van der Waals surface area (Å²) in [6.45, 7) is 5.48. The first-order valence-corrected chi connectivity index (χ1v) is 7.78. The zero-order chi connectivity index (χ0) is 14.8. The summed E-state index contributed by atoms with van der Waals surface area (Å²) in [7, 11) is -3.74. The van der Waals surface area contributed by atoms with Gasteiger partial charge in [-0.05, 0) is 13.8 Å². The second-order valence-electron chi connectivity index (χ2n) is 3.98. The minimum atomic E-state index is -3.74. The van der Waals surface area contributed by atoms with Gasteiger partial charge in [-0.1, -0.05) is 18.3 Å². The van der Waals surface area contributed by atoms with E-state index >= 15 is 0 Å². The smallest absolute Gasteiger partial charge is 0.306 e. The molecule has 0 aliphatic rings. The first kappa shape index (κ1) is 15.8. The predicted octanol–water partition coefficient (Wildman–Crippen LogP) is 1.36. The van der Waals surface area contributed by atoms with Crippen molar-refractivity contribution in [3.63, 3.8) is 0 Å². The molecule has 0 radical (unpaired) electrons. The Balaban J connectivity index is 3.33. The van der Waals surface area contributed by atoms with Crippen molar-refractivity contribution in [2.24, 2.45) is 5.84 Å². The largest absolute Gasteiger partial charge is 0.310 e. The van der Waals surface area contributed by atoms with E-state index < -0.39 is 14.9 Å². The predicted molar refractivity (Wildman–Crippen MR) is 73.5 cm³/mol. The number of nitrogen functional groups attached to an aromatic ring is 1. The Morgan fingerprint density at radius 1 is 1.58 bits per heavy atom. The van der Waals surface area contributed by atoms with Crippen molar-refractivity contribution in [3.05, 3.63) is 16.2 Å². The fourth-order valence-electron chi connectivity index (χ4n) is 1.65. The molecule has 0 aromatic carbocycles. The van der Waals surface area contributed by atoms with Crippen LogP contribution in [0.15, 0.2) is 10.3 Å². The topological polar surface area (TPSA) is 119 Å². The Kier molecular flexibility index (Phi) is 4.85. The molecule has 1 aromatic rings. The monoisotopic (exact) mass is 308 g/mol. The number of anilines is 1. The Morgan fingerprint density at radius 2 is 2.16 bits per heavy atom. The zero-order valence-electron chi connectivity index (χ0n) is 10.8. The zero-order valence-corrected chi connectivity index (χ0v) is 12.4. The van der Waals surface area contributed by atoms with Crippen LogP contribution in [0.4, 0.5) is 10.7 Å². The van der Waals surface area contributed by atoms with Crippen molar-refractivity contribution >= 4 is 32.0 Å². The molecular formula is C9H16N4O4S2. The van der Waals surface area contributed by atoms with Gasteiger partial charge < -0.3 is 5.43 Å². The molecule has 0 aliphatic heterocycles. The summed E-state index contributed by atoms with van der Waals surface area (Å²) >= 11 is 0.748.